The first-order chi connectivity index (χ1) is 23.4. The van der Waals surface area contributed by atoms with E-state index < -0.39 is 50.9 Å². The van der Waals surface area contributed by atoms with Crippen LogP contribution in [-0.4, -0.2) is 44.0 Å². The second kappa shape index (κ2) is 13.2. The van der Waals surface area contributed by atoms with Crippen LogP contribution >= 0.6 is 0 Å². The summed E-state index contributed by atoms with van der Waals surface area (Å²) in [5.41, 5.74) is -0.0530. The zero-order valence-electron chi connectivity index (χ0n) is 27.0. The molecule has 0 spiro atoms. The van der Waals surface area contributed by atoms with Gasteiger partial charge in [0.05, 0.1) is 19.8 Å². The molecule has 5 aromatic rings. The van der Waals surface area contributed by atoms with E-state index in [0.29, 0.717) is 11.3 Å². The molecule has 1 aliphatic rings. The van der Waals surface area contributed by atoms with Crippen LogP contribution in [0.3, 0.4) is 0 Å². The molecule has 254 valence electrons. The minimum Gasteiger partial charge on any atom is -0.497 e. The second-order valence-corrected chi connectivity index (χ2v) is 13.6. The van der Waals surface area contributed by atoms with Gasteiger partial charge in [-0.05, 0) is 70.1 Å². The fraction of sp³-hybridized carbons (Fsp3) is 0.243. The Balaban J connectivity index is 1.70. The molecule has 0 amide bonds. The predicted octanol–water partition coefficient (Wildman–Crippen LogP) is 6.77. The van der Waals surface area contributed by atoms with Crippen molar-refractivity contribution in [1.82, 2.24) is 8.87 Å². The molecule has 8 nitrogen and oxygen atoms in total. The lowest BCUT2D eigenvalue weighted by Crippen LogP contribution is -2.50. The zero-order valence-corrected chi connectivity index (χ0v) is 27.8. The molecule has 2 heterocycles. The van der Waals surface area contributed by atoms with Crippen molar-refractivity contribution in [2.45, 2.75) is 43.6 Å². The van der Waals surface area contributed by atoms with Crippen LogP contribution in [0.1, 0.15) is 40.8 Å². The molecule has 0 fully saturated rings. The Labute approximate surface area is 281 Å². The molecule has 49 heavy (non-hydrogen) atoms. The van der Waals surface area contributed by atoms with Crippen LogP contribution in [-0.2, 0) is 45.1 Å². The van der Waals surface area contributed by atoms with Crippen LogP contribution in [0.2, 0.25) is 0 Å². The van der Waals surface area contributed by atoms with Gasteiger partial charge < -0.3 is 9.47 Å². The maximum atomic E-state index is 14.8. The number of pyridine rings is 1. The van der Waals surface area contributed by atoms with Crippen molar-refractivity contribution >= 4 is 26.8 Å². The first-order valence-corrected chi connectivity index (χ1v) is 17.0. The highest BCUT2D eigenvalue weighted by Gasteiger charge is 2.45. The lowest BCUT2D eigenvalue weighted by Gasteiger charge is -2.36. The van der Waals surface area contributed by atoms with E-state index in [0.717, 1.165) is 44.5 Å². The number of benzene rings is 4. The van der Waals surface area contributed by atoms with E-state index in [9.17, 15) is 31.2 Å². The molecule has 0 saturated heterocycles. The van der Waals surface area contributed by atoms with Gasteiger partial charge in [0.15, 0.2) is 5.03 Å². The molecule has 1 unspecified atom stereocenters. The topological polar surface area (TPSA) is 94.9 Å². The van der Waals surface area contributed by atoms with Gasteiger partial charge >= 0.3 is 12.1 Å². The predicted molar refractivity (Wildman–Crippen MR) is 179 cm³/mol. The number of halogens is 3. The molecular weight excluding hydrogens is 657 g/mol. The number of nitrogens with zero attached hydrogens (tertiary/aromatic N) is 2. The Morgan fingerprint density at radius 1 is 0.918 bits per heavy atom. The molecule has 1 aromatic heterocycles. The Bertz CT molecular complexity index is 2230. The van der Waals surface area contributed by atoms with E-state index in [4.69, 9.17) is 9.47 Å². The average Bonchev–Trinajstić information content (AvgIpc) is 3.09. The van der Waals surface area contributed by atoms with E-state index in [1.54, 1.807) is 31.2 Å². The molecule has 4 aromatic carbocycles. The molecule has 0 aliphatic carbocycles. The molecule has 0 radical (unpaired) electrons. The van der Waals surface area contributed by atoms with Crippen molar-refractivity contribution in [2.75, 3.05) is 20.8 Å². The van der Waals surface area contributed by atoms with E-state index in [1.807, 2.05) is 42.5 Å². The summed E-state index contributed by atoms with van der Waals surface area (Å²) in [6.07, 6.45) is -4.58. The number of esters is 1. The van der Waals surface area contributed by atoms with E-state index in [-0.39, 0.29) is 41.6 Å². The highest BCUT2D eigenvalue weighted by molar-refractivity contribution is 7.89. The van der Waals surface area contributed by atoms with Crippen molar-refractivity contribution in [3.8, 4) is 16.9 Å². The molecule has 12 heteroatoms. The van der Waals surface area contributed by atoms with Crippen LogP contribution in [0.4, 0.5) is 13.2 Å². The fourth-order valence-corrected chi connectivity index (χ4v) is 8.40. The minimum absolute atomic E-state index is 0.0378. The van der Waals surface area contributed by atoms with Gasteiger partial charge in [0.1, 0.15) is 11.8 Å². The third-order valence-electron chi connectivity index (χ3n) is 8.92. The smallest absolute Gasteiger partial charge is 0.416 e. The van der Waals surface area contributed by atoms with Crippen LogP contribution in [0.5, 0.6) is 5.75 Å². The summed E-state index contributed by atoms with van der Waals surface area (Å²) < 4.78 is 84.2. The maximum absolute atomic E-state index is 14.8. The molecule has 6 rings (SSSR count). The standard InChI is InChI=1S/C37H33F3N2O6S/c1-4-29-31(20-25-11-7-10-24-9-5-6-14-30(24)25)33(26-12-8-13-27(19-26)37(38,39)40)35-42(34(29)43)32(36(44)48-3)22-41(49(35,45)46)21-23-15-17-28(47-2)18-16-23/h5-19,32H,4,20-22H2,1-3H3. The summed E-state index contributed by atoms with van der Waals surface area (Å²) in [7, 11) is -2.00. The largest absolute Gasteiger partial charge is 0.497 e. The van der Waals surface area contributed by atoms with Crippen molar-refractivity contribution in [3.05, 3.63) is 129 Å². The van der Waals surface area contributed by atoms with Crippen molar-refractivity contribution in [2.24, 2.45) is 0 Å². The monoisotopic (exact) mass is 690 g/mol. The molecule has 0 N–H and O–H groups in total. The normalized spacial score (nSPS) is 15.9. The number of hydrogen-bond acceptors (Lipinski definition) is 6. The number of alkyl halides is 3. The summed E-state index contributed by atoms with van der Waals surface area (Å²) in [6.45, 7) is 1.10. The summed E-state index contributed by atoms with van der Waals surface area (Å²) >= 11 is 0. The lowest BCUT2D eigenvalue weighted by atomic mass is 9.89. The Hall–Kier alpha value is -4.94. The quantitative estimate of drug-likeness (QED) is 0.167. The number of hydrogen-bond donors (Lipinski definition) is 0. The first-order valence-electron chi connectivity index (χ1n) is 15.5. The summed E-state index contributed by atoms with van der Waals surface area (Å²) in [5, 5.41) is 1.19. The van der Waals surface area contributed by atoms with Gasteiger partial charge in [-0.25, -0.2) is 13.2 Å². The molecule has 1 aliphatic heterocycles. The van der Waals surface area contributed by atoms with Crippen molar-refractivity contribution in [1.29, 1.82) is 0 Å². The average molecular weight is 691 g/mol. The second-order valence-electron chi connectivity index (χ2n) is 11.7. The molecular formula is C37H33F3N2O6S. The number of carbonyl (C=O) groups excluding carboxylic acids is 1. The van der Waals surface area contributed by atoms with Gasteiger partial charge in [-0.15, -0.1) is 0 Å². The van der Waals surface area contributed by atoms with Crippen molar-refractivity contribution in [3.63, 3.8) is 0 Å². The number of aromatic nitrogens is 1. The number of methoxy groups -OCH3 is 2. The maximum Gasteiger partial charge on any atom is 0.416 e. The number of rotatable bonds is 8. The van der Waals surface area contributed by atoms with Gasteiger partial charge in [0, 0.05) is 24.2 Å². The van der Waals surface area contributed by atoms with Crippen LogP contribution < -0.4 is 10.3 Å². The Morgan fingerprint density at radius 2 is 1.61 bits per heavy atom. The zero-order chi connectivity index (χ0) is 35.1. The van der Waals surface area contributed by atoms with Gasteiger partial charge in [0.25, 0.3) is 15.6 Å². The lowest BCUT2D eigenvalue weighted by molar-refractivity contribution is -0.145. The third-order valence-corrected chi connectivity index (χ3v) is 10.8. The SMILES string of the molecule is CCc1c(Cc2cccc3ccccc23)c(-c2cccc(C(F)(F)F)c2)c2n(c1=O)C(C(=O)OC)CN(Cc1ccc(OC)cc1)S2(=O)=O. The van der Waals surface area contributed by atoms with Gasteiger partial charge in [-0.3, -0.25) is 9.36 Å². The highest BCUT2D eigenvalue weighted by atomic mass is 32.2. The first kappa shape index (κ1) is 33.9. The van der Waals surface area contributed by atoms with Gasteiger partial charge in [0.2, 0.25) is 0 Å². The third kappa shape index (κ3) is 6.22. The van der Waals surface area contributed by atoms with E-state index in [2.05, 4.69) is 0 Å². The van der Waals surface area contributed by atoms with Crippen LogP contribution in [0, 0.1) is 0 Å². The summed E-state index contributed by atoms with van der Waals surface area (Å²) in [5.74, 6) is -0.316. The number of carbonyl (C=O) groups is 1. The van der Waals surface area contributed by atoms with Crippen molar-refractivity contribution < 1.29 is 35.9 Å². The number of sulfonamides is 1. The Kier molecular flexibility index (Phi) is 9.12. The summed E-state index contributed by atoms with van der Waals surface area (Å²) in [6, 6.07) is 22.8. The number of fused-ring (bicyclic) bond motifs is 2. The highest BCUT2D eigenvalue weighted by Crippen LogP contribution is 2.42. The number of ether oxygens (including phenoxy) is 2. The summed E-state index contributed by atoms with van der Waals surface area (Å²) in [4.78, 5) is 27.8. The van der Waals surface area contributed by atoms with E-state index in [1.165, 1.54) is 19.2 Å². The van der Waals surface area contributed by atoms with Crippen LogP contribution in [0.25, 0.3) is 21.9 Å². The Morgan fingerprint density at radius 3 is 2.29 bits per heavy atom. The van der Waals surface area contributed by atoms with Gasteiger partial charge in [-0.2, -0.15) is 17.5 Å². The molecule has 0 bridgehead atoms. The minimum atomic E-state index is -4.74. The van der Waals surface area contributed by atoms with E-state index >= 15 is 0 Å². The fourth-order valence-electron chi connectivity index (χ4n) is 6.54. The molecule has 1 atom stereocenters. The molecule has 0 saturated carbocycles. The van der Waals surface area contributed by atoms with Gasteiger partial charge in [-0.1, -0.05) is 73.7 Å². The van der Waals surface area contributed by atoms with Crippen LogP contribution in [0.15, 0.2) is 101 Å².